The summed E-state index contributed by atoms with van der Waals surface area (Å²) in [6.45, 7) is 3.08. The van der Waals surface area contributed by atoms with Gasteiger partial charge >= 0.3 is 0 Å². The largest absolute Gasteiger partial charge is 0.494 e. The zero-order valence-electron chi connectivity index (χ0n) is 21.9. The molecular formula is C33H29NO5. The van der Waals surface area contributed by atoms with Gasteiger partial charge in [0.05, 0.1) is 19.3 Å². The first-order valence-corrected chi connectivity index (χ1v) is 12.8. The van der Waals surface area contributed by atoms with Crippen molar-refractivity contribution in [3.63, 3.8) is 0 Å². The van der Waals surface area contributed by atoms with Crippen LogP contribution in [0.25, 0.3) is 22.7 Å². The van der Waals surface area contributed by atoms with Crippen molar-refractivity contribution in [2.75, 3.05) is 13.7 Å². The van der Waals surface area contributed by atoms with Crippen LogP contribution in [0.3, 0.4) is 0 Å². The summed E-state index contributed by atoms with van der Waals surface area (Å²) >= 11 is 0. The number of methoxy groups -OCH3 is 1. The summed E-state index contributed by atoms with van der Waals surface area (Å²) in [5.74, 6) is 1.91. The van der Waals surface area contributed by atoms with Crippen molar-refractivity contribution in [2.24, 2.45) is 0 Å². The number of hydrogen-bond donors (Lipinski definition) is 0. The molecule has 0 saturated carbocycles. The number of rotatable bonds is 11. The van der Waals surface area contributed by atoms with Crippen LogP contribution in [0.4, 0.5) is 0 Å². The van der Waals surface area contributed by atoms with Crippen molar-refractivity contribution in [3.05, 3.63) is 120 Å². The number of hydrogen-bond acceptors (Lipinski definition) is 6. The Morgan fingerprint density at radius 3 is 2.38 bits per heavy atom. The van der Waals surface area contributed by atoms with E-state index in [1.165, 1.54) is 0 Å². The van der Waals surface area contributed by atoms with Gasteiger partial charge in [0.25, 0.3) is 0 Å². The van der Waals surface area contributed by atoms with Crippen LogP contribution in [0.2, 0.25) is 0 Å². The molecular weight excluding hydrogens is 490 g/mol. The Bertz CT molecular complexity index is 1550. The summed E-state index contributed by atoms with van der Waals surface area (Å²) in [7, 11) is 1.59. The lowest BCUT2D eigenvalue weighted by Gasteiger charge is -2.12. The van der Waals surface area contributed by atoms with Crippen molar-refractivity contribution in [2.45, 2.75) is 20.0 Å². The second-order valence-corrected chi connectivity index (χ2v) is 8.93. The predicted octanol–water partition coefficient (Wildman–Crippen LogP) is 7.63. The fourth-order valence-corrected chi connectivity index (χ4v) is 4.08. The lowest BCUT2D eigenvalue weighted by atomic mass is 10.0. The zero-order chi connectivity index (χ0) is 27.0. The first-order chi connectivity index (χ1) is 19.1. The van der Waals surface area contributed by atoms with E-state index < -0.39 is 0 Å². The summed E-state index contributed by atoms with van der Waals surface area (Å²) < 4.78 is 23.3. The van der Waals surface area contributed by atoms with Crippen molar-refractivity contribution in [1.29, 1.82) is 0 Å². The number of carbonyl (C=O) groups is 1. The number of para-hydroxylation sites is 2. The second kappa shape index (κ2) is 12.1. The Hall–Kier alpha value is -4.84. The van der Waals surface area contributed by atoms with Crippen molar-refractivity contribution < 1.29 is 23.4 Å². The number of nitrogens with zero attached hydrogens (tertiary/aromatic N) is 1. The summed E-state index contributed by atoms with van der Waals surface area (Å²) in [5.41, 5.74) is 3.91. The normalized spacial score (nSPS) is 11.4. The van der Waals surface area contributed by atoms with Crippen LogP contribution >= 0.6 is 0 Å². The molecule has 5 aromatic rings. The van der Waals surface area contributed by atoms with Gasteiger partial charge in [0.1, 0.15) is 17.9 Å². The van der Waals surface area contributed by atoms with E-state index in [0.29, 0.717) is 46.9 Å². The fourth-order valence-electron chi connectivity index (χ4n) is 4.08. The van der Waals surface area contributed by atoms with Crippen molar-refractivity contribution in [3.8, 4) is 17.2 Å². The van der Waals surface area contributed by atoms with E-state index in [4.69, 9.17) is 18.6 Å². The molecule has 0 N–H and O–H groups in total. The molecule has 1 heterocycles. The van der Waals surface area contributed by atoms with Gasteiger partial charge in [-0.05, 0) is 72.2 Å². The maximum Gasteiger partial charge on any atom is 0.231 e. The minimum atomic E-state index is -0.216. The number of aromatic nitrogens is 1. The number of carbonyl (C=O) groups excluding carboxylic acids is 1. The molecule has 0 radical (unpaired) electrons. The molecule has 6 heteroatoms. The van der Waals surface area contributed by atoms with Crippen molar-refractivity contribution in [1.82, 2.24) is 4.98 Å². The fraction of sp³-hybridized carbons (Fsp3) is 0.152. The SMILES string of the molecule is CCCOc1ccc(C(=O)C(=Cc2ccc(OCc3ccccc3)c(OC)c2)c2nc3ccccc3o2)cc1. The molecule has 5 rings (SSSR count). The quantitative estimate of drug-likeness (QED) is 0.132. The van der Waals surface area contributed by atoms with Gasteiger partial charge in [-0.2, -0.15) is 0 Å². The van der Waals surface area contributed by atoms with Gasteiger partial charge in [0.2, 0.25) is 5.89 Å². The zero-order valence-corrected chi connectivity index (χ0v) is 21.9. The molecule has 6 nitrogen and oxygen atoms in total. The Morgan fingerprint density at radius 2 is 1.64 bits per heavy atom. The molecule has 196 valence electrons. The van der Waals surface area contributed by atoms with E-state index in [-0.39, 0.29) is 11.7 Å². The standard InChI is InChI=1S/C33H29NO5/c1-3-19-37-26-16-14-25(15-17-26)32(35)27(33-34-28-11-7-8-12-29(28)39-33)20-24-13-18-30(31(21-24)36-2)38-22-23-9-5-4-6-10-23/h4-18,20-21H,3,19,22H2,1-2H3. The maximum absolute atomic E-state index is 13.8. The summed E-state index contributed by atoms with van der Waals surface area (Å²) in [4.78, 5) is 18.4. The Kier molecular flexibility index (Phi) is 8.03. The molecule has 1 aromatic heterocycles. The molecule has 0 unspecified atom stereocenters. The molecule has 4 aromatic carbocycles. The van der Waals surface area contributed by atoms with Crippen LogP contribution in [0, 0.1) is 0 Å². The third-order valence-corrected chi connectivity index (χ3v) is 6.09. The van der Waals surface area contributed by atoms with Gasteiger partial charge in [-0.1, -0.05) is 55.5 Å². The van der Waals surface area contributed by atoms with Crippen LogP contribution in [-0.2, 0) is 6.61 Å². The highest BCUT2D eigenvalue weighted by Crippen LogP contribution is 2.32. The summed E-state index contributed by atoms with van der Waals surface area (Å²) in [5, 5.41) is 0. The highest BCUT2D eigenvalue weighted by atomic mass is 16.5. The summed E-state index contributed by atoms with van der Waals surface area (Å²) in [6.07, 6.45) is 2.67. The smallest absolute Gasteiger partial charge is 0.231 e. The third-order valence-electron chi connectivity index (χ3n) is 6.09. The molecule has 39 heavy (non-hydrogen) atoms. The third kappa shape index (κ3) is 6.18. The Balaban J connectivity index is 1.48. The van der Waals surface area contributed by atoms with Crippen molar-refractivity contribution >= 4 is 28.5 Å². The molecule has 0 amide bonds. The Morgan fingerprint density at radius 1 is 0.872 bits per heavy atom. The molecule has 0 aliphatic carbocycles. The number of ether oxygens (including phenoxy) is 3. The first kappa shape index (κ1) is 25.8. The number of fused-ring (bicyclic) bond motifs is 1. The van der Waals surface area contributed by atoms with E-state index in [0.717, 1.165) is 23.3 Å². The topological polar surface area (TPSA) is 70.8 Å². The molecule has 0 atom stereocenters. The van der Waals surface area contributed by atoms with E-state index in [9.17, 15) is 4.79 Å². The van der Waals surface area contributed by atoms with Gasteiger partial charge in [-0.3, -0.25) is 4.79 Å². The van der Waals surface area contributed by atoms with Gasteiger partial charge < -0.3 is 18.6 Å². The number of Topliss-reactive ketones (excluding diaryl/α,β-unsaturated/α-hetero) is 1. The van der Waals surface area contributed by atoms with Gasteiger partial charge in [-0.15, -0.1) is 0 Å². The number of oxazole rings is 1. The minimum Gasteiger partial charge on any atom is -0.494 e. The molecule has 0 aliphatic heterocycles. The van der Waals surface area contributed by atoms with Crippen LogP contribution in [0.5, 0.6) is 17.2 Å². The number of benzene rings is 4. The van der Waals surface area contributed by atoms with Gasteiger partial charge in [0.15, 0.2) is 22.9 Å². The average molecular weight is 520 g/mol. The first-order valence-electron chi connectivity index (χ1n) is 12.8. The molecule has 0 saturated heterocycles. The highest BCUT2D eigenvalue weighted by Gasteiger charge is 2.21. The van der Waals surface area contributed by atoms with Crippen LogP contribution in [0.1, 0.15) is 40.7 Å². The highest BCUT2D eigenvalue weighted by molar-refractivity contribution is 6.31. The number of allylic oxidation sites excluding steroid dienone is 1. The molecule has 0 bridgehead atoms. The van der Waals surface area contributed by atoms with Gasteiger partial charge in [-0.25, -0.2) is 4.98 Å². The molecule has 0 fully saturated rings. The van der Waals surface area contributed by atoms with E-state index in [2.05, 4.69) is 4.98 Å². The summed E-state index contributed by atoms with van der Waals surface area (Å²) in [6, 6.07) is 30.0. The van der Waals surface area contributed by atoms with Crippen LogP contribution in [-0.4, -0.2) is 24.5 Å². The lowest BCUT2D eigenvalue weighted by molar-refractivity contribution is 0.105. The van der Waals surface area contributed by atoms with Crippen LogP contribution in [0.15, 0.2) is 101 Å². The van der Waals surface area contributed by atoms with Crippen LogP contribution < -0.4 is 14.2 Å². The maximum atomic E-state index is 13.8. The predicted molar refractivity (Wildman–Crippen MR) is 152 cm³/mol. The minimum absolute atomic E-state index is 0.216. The Labute approximate surface area is 227 Å². The second-order valence-electron chi connectivity index (χ2n) is 8.93. The monoisotopic (exact) mass is 519 g/mol. The average Bonchev–Trinajstić information content (AvgIpc) is 3.42. The number of ketones is 1. The molecule has 0 spiro atoms. The van der Waals surface area contributed by atoms with E-state index >= 15 is 0 Å². The van der Waals surface area contributed by atoms with E-state index in [1.54, 1.807) is 37.5 Å². The lowest BCUT2D eigenvalue weighted by Crippen LogP contribution is -2.04. The molecule has 0 aliphatic rings. The van der Waals surface area contributed by atoms with Gasteiger partial charge in [0, 0.05) is 5.56 Å². The van der Waals surface area contributed by atoms with E-state index in [1.807, 2.05) is 79.7 Å².